The first-order chi connectivity index (χ1) is 23.8. The highest BCUT2D eigenvalue weighted by atomic mass is 32.2. The first-order valence-corrected chi connectivity index (χ1v) is 18.4. The number of benzene rings is 2. The van der Waals surface area contributed by atoms with Gasteiger partial charge in [-0.15, -0.1) is 0 Å². The van der Waals surface area contributed by atoms with Gasteiger partial charge < -0.3 is 25.4 Å². The summed E-state index contributed by atoms with van der Waals surface area (Å²) >= 11 is 1.17. The van der Waals surface area contributed by atoms with Crippen LogP contribution < -0.4 is 20.7 Å². The van der Waals surface area contributed by atoms with E-state index < -0.39 is 17.5 Å². The average Bonchev–Trinajstić information content (AvgIpc) is 3.82. The van der Waals surface area contributed by atoms with Gasteiger partial charge in [0.2, 0.25) is 0 Å². The molecule has 0 amide bonds. The van der Waals surface area contributed by atoms with E-state index in [-0.39, 0.29) is 48.0 Å². The Labute approximate surface area is 288 Å². The third-order valence-electron chi connectivity index (χ3n) is 11.7. The van der Waals surface area contributed by atoms with Crippen molar-refractivity contribution < 1.29 is 22.6 Å². The molecule has 49 heavy (non-hydrogen) atoms. The van der Waals surface area contributed by atoms with Crippen molar-refractivity contribution in [1.82, 2.24) is 20.2 Å². The second kappa shape index (κ2) is 12.2. The van der Waals surface area contributed by atoms with Gasteiger partial charge in [-0.25, -0.2) is 13.2 Å². The van der Waals surface area contributed by atoms with Crippen LogP contribution in [0.3, 0.4) is 0 Å². The highest BCUT2D eigenvalue weighted by Crippen LogP contribution is 2.51. The van der Waals surface area contributed by atoms with E-state index in [4.69, 9.17) is 25.2 Å². The molecule has 1 aromatic heterocycles. The normalized spacial score (nSPS) is 29.7. The minimum absolute atomic E-state index is 0.107. The van der Waals surface area contributed by atoms with Crippen molar-refractivity contribution in [3.8, 4) is 17.1 Å². The number of aromatic nitrogens is 2. The summed E-state index contributed by atoms with van der Waals surface area (Å²) in [5.74, 6) is -0.483. The molecule has 6 aliphatic rings. The van der Waals surface area contributed by atoms with Crippen molar-refractivity contribution in [2.24, 2.45) is 5.73 Å². The molecule has 4 fully saturated rings. The van der Waals surface area contributed by atoms with Crippen LogP contribution in [0.2, 0.25) is 0 Å². The third kappa shape index (κ3) is 5.15. The molecule has 4 saturated heterocycles. The quantitative estimate of drug-likeness (QED) is 0.252. The summed E-state index contributed by atoms with van der Waals surface area (Å²) in [4.78, 5) is 14.8. The number of ether oxygens (including phenoxy) is 2. The molecule has 6 atom stereocenters. The van der Waals surface area contributed by atoms with Gasteiger partial charge in [-0.1, -0.05) is 30.0 Å². The molecule has 2 unspecified atom stereocenters. The van der Waals surface area contributed by atoms with Crippen LogP contribution in [0.1, 0.15) is 62.0 Å². The summed E-state index contributed by atoms with van der Waals surface area (Å²) in [6, 6.07) is 5.86. The number of hydrogen-bond donors (Lipinski definition) is 2. The van der Waals surface area contributed by atoms with Gasteiger partial charge in [0.25, 0.3) is 0 Å². The topological polar surface area (TPSA) is 88.8 Å². The first-order valence-electron chi connectivity index (χ1n) is 17.6. The Morgan fingerprint density at radius 3 is 2.98 bits per heavy atom. The number of methoxy groups -OCH3 is 1. The lowest BCUT2D eigenvalue weighted by Gasteiger charge is -2.31. The van der Waals surface area contributed by atoms with Gasteiger partial charge >= 0.3 is 6.01 Å². The Bertz CT molecular complexity index is 1890. The fourth-order valence-electron chi connectivity index (χ4n) is 9.56. The molecule has 0 radical (unpaired) electrons. The van der Waals surface area contributed by atoms with Gasteiger partial charge in [0, 0.05) is 61.7 Å². The molecule has 12 heteroatoms. The number of hydrogen-bond acceptors (Lipinski definition) is 9. The summed E-state index contributed by atoms with van der Waals surface area (Å²) < 4.78 is 58.8. The summed E-state index contributed by atoms with van der Waals surface area (Å²) in [5, 5.41) is 4.88. The molecule has 258 valence electrons. The molecule has 8 nitrogen and oxygen atoms in total. The van der Waals surface area contributed by atoms with E-state index in [9.17, 15) is 4.39 Å². The van der Waals surface area contributed by atoms with Crippen LogP contribution in [0.5, 0.6) is 6.01 Å². The number of rotatable bonds is 9. The molecular weight excluding hydrogens is 650 g/mol. The molecule has 5 aliphatic heterocycles. The van der Waals surface area contributed by atoms with Crippen LogP contribution in [0.15, 0.2) is 40.3 Å². The molecule has 2 aromatic carbocycles. The summed E-state index contributed by atoms with van der Waals surface area (Å²) in [6.07, 6.45) is 11.1. The maximum atomic E-state index is 17.3. The number of anilines is 1. The lowest BCUT2D eigenvalue weighted by molar-refractivity contribution is 0.107. The Kier molecular flexibility index (Phi) is 7.86. The predicted octanol–water partition coefficient (Wildman–Crippen LogP) is 6.28. The van der Waals surface area contributed by atoms with E-state index in [1.54, 1.807) is 13.2 Å². The van der Waals surface area contributed by atoms with Gasteiger partial charge in [-0.05, 0) is 86.5 Å². The van der Waals surface area contributed by atoms with Gasteiger partial charge in [-0.3, -0.25) is 4.90 Å². The summed E-state index contributed by atoms with van der Waals surface area (Å²) in [7, 11) is 1.72. The fraction of sp³-hybridized carbons (Fsp3) is 0.514. The number of allylic oxidation sites excluding steroid dienone is 2. The van der Waals surface area contributed by atoms with E-state index in [2.05, 4.69) is 15.1 Å². The van der Waals surface area contributed by atoms with Crippen LogP contribution >= 0.6 is 11.8 Å². The van der Waals surface area contributed by atoms with E-state index in [0.717, 1.165) is 51.6 Å². The lowest BCUT2D eigenvalue weighted by atomic mass is 9.90. The summed E-state index contributed by atoms with van der Waals surface area (Å²) in [6.45, 7) is 3.08. The number of alkyl halides is 1. The minimum atomic E-state index is -0.889. The number of thioether (sulfide) groups is 1. The van der Waals surface area contributed by atoms with E-state index in [0.29, 0.717) is 63.0 Å². The Balaban J connectivity index is 1.17. The van der Waals surface area contributed by atoms with Gasteiger partial charge in [0.1, 0.15) is 29.9 Å². The van der Waals surface area contributed by atoms with Gasteiger partial charge in [0.05, 0.1) is 15.5 Å². The molecular formula is C37H41F3N6O2S. The molecule has 6 heterocycles. The molecule has 3 aromatic rings. The zero-order chi connectivity index (χ0) is 33.4. The largest absolute Gasteiger partial charge is 0.461 e. The minimum Gasteiger partial charge on any atom is -0.461 e. The maximum Gasteiger partial charge on any atom is 0.319 e. The molecule has 0 saturated carbocycles. The van der Waals surface area contributed by atoms with E-state index in [1.165, 1.54) is 17.8 Å². The van der Waals surface area contributed by atoms with Crippen molar-refractivity contribution in [2.45, 2.75) is 85.6 Å². The molecule has 1 aliphatic carbocycles. The van der Waals surface area contributed by atoms with Crippen LogP contribution in [0.4, 0.5) is 19.0 Å². The monoisotopic (exact) mass is 690 g/mol. The molecule has 3 N–H and O–H groups in total. The van der Waals surface area contributed by atoms with Crippen LogP contribution in [-0.4, -0.2) is 84.7 Å². The maximum absolute atomic E-state index is 17.3. The van der Waals surface area contributed by atoms with E-state index >= 15 is 8.78 Å². The summed E-state index contributed by atoms with van der Waals surface area (Å²) in [5.41, 5.74) is 8.39. The SMILES string of the molecule is COCCCNC1C[C@H]2CC[C@H]1N2c1nc(OC[C@@]23CCCN2C[C@H](F)C3)nc2c(F)c3c(cc12)C=CC1C=C(N)Sc2c(F)ccc-3c21. The number of nitrogens with two attached hydrogens (primary N) is 1. The first kappa shape index (κ1) is 31.6. The Morgan fingerprint density at radius 2 is 2.10 bits per heavy atom. The second-order valence-corrected chi connectivity index (χ2v) is 15.6. The number of halogens is 3. The van der Waals surface area contributed by atoms with Crippen molar-refractivity contribution in [3.63, 3.8) is 0 Å². The van der Waals surface area contributed by atoms with Crippen LogP contribution in [0.25, 0.3) is 28.1 Å². The fourth-order valence-corrected chi connectivity index (χ4v) is 10.5. The van der Waals surface area contributed by atoms with Crippen molar-refractivity contribution in [1.29, 1.82) is 0 Å². The smallest absolute Gasteiger partial charge is 0.319 e. The third-order valence-corrected chi connectivity index (χ3v) is 12.7. The number of fused-ring (bicyclic) bond motifs is 6. The number of nitrogens with one attached hydrogen (secondary N) is 1. The van der Waals surface area contributed by atoms with Crippen molar-refractivity contribution in [3.05, 3.63) is 58.1 Å². The van der Waals surface area contributed by atoms with E-state index in [1.807, 2.05) is 24.3 Å². The number of nitrogens with zero attached hydrogens (tertiary/aromatic N) is 4. The van der Waals surface area contributed by atoms with Gasteiger partial charge in [-0.2, -0.15) is 9.97 Å². The predicted molar refractivity (Wildman–Crippen MR) is 186 cm³/mol. The highest BCUT2D eigenvalue weighted by molar-refractivity contribution is 8.03. The van der Waals surface area contributed by atoms with Crippen LogP contribution in [0, 0.1) is 11.6 Å². The van der Waals surface area contributed by atoms with Crippen molar-refractivity contribution in [2.75, 3.05) is 44.9 Å². The standard InChI is InChI=1S/C37H41F3N6O2S/c1-47-13-3-11-42-27-16-23-6-9-28(27)46(23)35-25-14-20-4-5-21-15-29(41)49-34-26(39)8-7-24(31(21)34)30(20)32(40)33(25)43-36(44-35)48-19-37-10-2-12-45(37)18-22(38)17-37/h4-5,7-8,14-15,21-23,27-28,42H,2-3,6,9-13,16-19,41H2,1H3/t21?,22-,23-,27?,28-,37+/m1/s1. The average molecular weight is 691 g/mol. The highest BCUT2D eigenvalue weighted by Gasteiger charge is 2.50. The second-order valence-electron chi connectivity index (χ2n) is 14.5. The Morgan fingerprint density at radius 1 is 1.20 bits per heavy atom. The zero-order valence-corrected chi connectivity index (χ0v) is 28.4. The van der Waals surface area contributed by atoms with Crippen LogP contribution in [-0.2, 0) is 4.74 Å². The molecule has 9 rings (SSSR count). The van der Waals surface area contributed by atoms with Gasteiger partial charge in [0.15, 0.2) is 5.82 Å². The molecule has 0 spiro atoms. The lowest BCUT2D eigenvalue weighted by Crippen LogP contribution is -2.43. The molecule has 2 bridgehead atoms. The zero-order valence-electron chi connectivity index (χ0n) is 27.6. The van der Waals surface area contributed by atoms with Crippen molar-refractivity contribution >= 4 is 34.6 Å². The Hall–Kier alpha value is -3.32.